The van der Waals surface area contributed by atoms with Gasteiger partial charge in [-0.15, -0.1) is 0 Å². The molecule has 0 radical (unpaired) electrons. The van der Waals surface area contributed by atoms with E-state index >= 15 is 0 Å². The van der Waals surface area contributed by atoms with E-state index in [4.69, 9.17) is 25.8 Å². The van der Waals surface area contributed by atoms with Crippen LogP contribution in [0.4, 0.5) is 10.1 Å². The standard InChI is InChI=1S/C26H35ClFN3O4/c1-8-34-24(32)21(35-25(2,3)4)19-20(31-13-10-26(5,6)11-14-31)18(23(33-7)30-22(19)27)16-9-12-29-17(28)15-16/h9,12,15,21H,8,10-11,13-14H2,1-7H3/t21-/m0/s1. The summed E-state index contributed by atoms with van der Waals surface area (Å²) in [6.45, 7) is 13.3. The Balaban J connectivity index is 2.35. The Kier molecular flexibility index (Phi) is 8.27. The molecule has 1 fully saturated rings. The Morgan fingerprint density at radius 2 is 1.94 bits per heavy atom. The predicted octanol–water partition coefficient (Wildman–Crippen LogP) is 5.99. The number of hydrogen-bond donors (Lipinski definition) is 0. The summed E-state index contributed by atoms with van der Waals surface area (Å²) in [5.41, 5.74) is 1.53. The van der Waals surface area contributed by atoms with Gasteiger partial charge in [0.2, 0.25) is 11.8 Å². The number of pyridine rings is 2. The van der Waals surface area contributed by atoms with Crippen LogP contribution in [0, 0.1) is 11.4 Å². The number of nitrogens with zero attached hydrogens (tertiary/aromatic N) is 3. The fraction of sp³-hybridized carbons (Fsp3) is 0.577. The topological polar surface area (TPSA) is 73.8 Å². The average molecular weight is 508 g/mol. The minimum atomic E-state index is -1.14. The largest absolute Gasteiger partial charge is 0.480 e. The molecule has 7 nitrogen and oxygen atoms in total. The molecule has 192 valence electrons. The summed E-state index contributed by atoms with van der Waals surface area (Å²) in [6.07, 6.45) is 2.08. The molecule has 1 aliphatic rings. The lowest BCUT2D eigenvalue weighted by atomic mass is 9.82. The van der Waals surface area contributed by atoms with Crippen LogP contribution in [-0.4, -0.2) is 48.3 Å². The Morgan fingerprint density at radius 1 is 1.29 bits per heavy atom. The number of aromatic nitrogens is 2. The number of piperidine rings is 1. The first kappa shape index (κ1) is 27.1. The molecule has 0 aromatic carbocycles. The smallest absolute Gasteiger partial charge is 0.340 e. The molecule has 1 aliphatic heterocycles. The second-order valence-electron chi connectivity index (χ2n) is 10.4. The highest BCUT2D eigenvalue weighted by Gasteiger charge is 2.38. The van der Waals surface area contributed by atoms with Crippen LogP contribution in [0.25, 0.3) is 11.1 Å². The average Bonchev–Trinajstić information content (AvgIpc) is 2.76. The number of hydrogen-bond acceptors (Lipinski definition) is 7. The molecule has 35 heavy (non-hydrogen) atoms. The molecule has 0 unspecified atom stereocenters. The third-order valence-corrected chi connectivity index (χ3v) is 6.29. The van der Waals surface area contributed by atoms with Gasteiger partial charge in [-0.05, 0) is 57.6 Å². The van der Waals surface area contributed by atoms with Gasteiger partial charge >= 0.3 is 5.97 Å². The highest BCUT2D eigenvalue weighted by atomic mass is 35.5. The molecule has 0 amide bonds. The van der Waals surface area contributed by atoms with Gasteiger partial charge in [-0.3, -0.25) is 0 Å². The van der Waals surface area contributed by atoms with E-state index in [2.05, 4.69) is 28.7 Å². The fourth-order valence-electron chi connectivity index (χ4n) is 4.20. The molecule has 2 aromatic heterocycles. The second kappa shape index (κ2) is 10.7. The monoisotopic (exact) mass is 507 g/mol. The summed E-state index contributed by atoms with van der Waals surface area (Å²) in [5, 5.41) is 0.0715. The summed E-state index contributed by atoms with van der Waals surface area (Å²) in [4.78, 5) is 23.5. The Morgan fingerprint density at radius 3 is 2.49 bits per heavy atom. The summed E-state index contributed by atoms with van der Waals surface area (Å²) in [7, 11) is 1.48. The van der Waals surface area contributed by atoms with E-state index in [1.54, 1.807) is 13.0 Å². The number of esters is 1. The minimum Gasteiger partial charge on any atom is -0.480 e. The summed E-state index contributed by atoms with van der Waals surface area (Å²) in [6, 6.07) is 3.00. The summed E-state index contributed by atoms with van der Waals surface area (Å²) < 4.78 is 31.5. The molecule has 0 spiro atoms. The molecule has 9 heteroatoms. The number of carbonyl (C=O) groups excluding carboxylic acids is 1. The zero-order valence-electron chi connectivity index (χ0n) is 21.6. The van der Waals surface area contributed by atoms with Crippen LogP contribution in [0.2, 0.25) is 5.15 Å². The zero-order chi connectivity index (χ0) is 26.0. The van der Waals surface area contributed by atoms with Crippen molar-refractivity contribution in [2.24, 2.45) is 5.41 Å². The van der Waals surface area contributed by atoms with E-state index in [1.165, 1.54) is 19.4 Å². The van der Waals surface area contributed by atoms with Gasteiger partial charge in [0.05, 0.1) is 36.1 Å². The van der Waals surface area contributed by atoms with E-state index in [0.717, 1.165) is 12.8 Å². The zero-order valence-corrected chi connectivity index (χ0v) is 22.3. The minimum absolute atomic E-state index is 0.0715. The van der Waals surface area contributed by atoms with Crippen molar-refractivity contribution in [3.05, 3.63) is 35.0 Å². The van der Waals surface area contributed by atoms with Crippen molar-refractivity contribution in [1.29, 1.82) is 0 Å². The maximum atomic E-state index is 14.2. The van der Waals surface area contributed by atoms with Crippen LogP contribution in [0.5, 0.6) is 5.88 Å². The predicted molar refractivity (Wildman–Crippen MR) is 134 cm³/mol. The summed E-state index contributed by atoms with van der Waals surface area (Å²) in [5.74, 6) is -0.982. The van der Waals surface area contributed by atoms with Crippen LogP contribution < -0.4 is 9.64 Å². The Hall–Kier alpha value is -2.45. The molecule has 2 aromatic rings. The van der Waals surface area contributed by atoms with Crippen LogP contribution >= 0.6 is 11.6 Å². The molecule has 3 rings (SSSR count). The van der Waals surface area contributed by atoms with Crippen molar-refractivity contribution in [2.75, 3.05) is 31.7 Å². The molecule has 1 saturated heterocycles. The van der Waals surface area contributed by atoms with Crippen LogP contribution in [0.15, 0.2) is 18.3 Å². The van der Waals surface area contributed by atoms with E-state index in [1.807, 2.05) is 20.8 Å². The molecular weight excluding hydrogens is 473 g/mol. The number of anilines is 1. The van der Waals surface area contributed by atoms with Gasteiger partial charge in [-0.1, -0.05) is 25.4 Å². The van der Waals surface area contributed by atoms with Crippen molar-refractivity contribution in [3.63, 3.8) is 0 Å². The van der Waals surface area contributed by atoms with Crippen molar-refractivity contribution < 1.29 is 23.4 Å². The Labute approximate surface area is 211 Å². The van der Waals surface area contributed by atoms with Crippen LogP contribution in [0.1, 0.15) is 66.1 Å². The number of rotatable bonds is 7. The third kappa shape index (κ3) is 6.41. The molecule has 1 atom stereocenters. The molecule has 3 heterocycles. The van der Waals surface area contributed by atoms with Gasteiger partial charge in [0.1, 0.15) is 5.15 Å². The van der Waals surface area contributed by atoms with E-state index in [9.17, 15) is 9.18 Å². The van der Waals surface area contributed by atoms with Crippen LogP contribution in [-0.2, 0) is 14.3 Å². The Bertz CT molecular complexity index is 1060. The number of halogens is 2. The van der Waals surface area contributed by atoms with Crippen molar-refractivity contribution >= 4 is 23.3 Å². The molecular formula is C26H35ClFN3O4. The molecule has 0 aliphatic carbocycles. The molecule has 0 N–H and O–H groups in total. The molecule has 0 bridgehead atoms. The first-order valence-electron chi connectivity index (χ1n) is 11.9. The lowest BCUT2D eigenvalue weighted by molar-refractivity contribution is -0.166. The number of carbonyl (C=O) groups is 1. The van der Waals surface area contributed by atoms with Crippen molar-refractivity contribution in [2.45, 2.75) is 66.1 Å². The fourth-order valence-corrected chi connectivity index (χ4v) is 4.46. The van der Waals surface area contributed by atoms with E-state index < -0.39 is 23.6 Å². The van der Waals surface area contributed by atoms with E-state index in [-0.39, 0.29) is 23.1 Å². The third-order valence-electron chi connectivity index (χ3n) is 6.00. The molecule has 0 saturated carbocycles. The second-order valence-corrected chi connectivity index (χ2v) is 10.8. The van der Waals surface area contributed by atoms with Gasteiger partial charge in [0, 0.05) is 25.4 Å². The van der Waals surface area contributed by atoms with Gasteiger partial charge < -0.3 is 19.1 Å². The lowest BCUT2D eigenvalue weighted by Crippen LogP contribution is -2.39. The first-order chi connectivity index (χ1) is 16.4. The maximum Gasteiger partial charge on any atom is 0.340 e. The maximum absolute atomic E-state index is 14.2. The summed E-state index contributed by atoms with van der Waals surface area (Å²) >= 11 is 6.76. The van der Waals surface area contributed by atoms with Crippen molar-refractivity contribution in [1.82, 2.24) is 9.97 Å². The number of ether oxygens (including phenoxy) is 3. The van der Waals surface area contributed by atoms with Crippen LogP contribution in [0.3, 0.4) is 0 Å². The lowest BCUT2D eigenvalue weighted by Gasteiger charge is -2.41. The highest BCUT2D eigenvalue weighted by Crippen LogP contribution is 2.48. The van der Waals surface area contributed by atoms with Gasteiger partial charge in [0.15, 0.2) is 6.10 Å². The van der Waals surface area contributed by atoms with Gasteiger partial charge in [-0.25, -0.2) is 14.8 Å². The quantitative estimate of drug-likeness (QED) is 0.336. The first-order valence-corrected chi connectivity index (χ1v) is 12.2. The van der Waals surface area contributed by atoms with E-state index in [0.29, 0.717) is 35.5 Å². The SMILES string of the molecule is CCOC(=O)[C@@H](OC(C)(C)C)c1c(Cl)nc(OC)c(-c2ccnc(F)c2)c1N1CCC(C)(C)CC1. The van der Waals surface area contributed by atoms with Crippen molar-refractivity contribution in [3.8, 4) is 17.0 Å². The van der Waals surface area contributed by atoms with Gasteiger partial charge in [0.25, 0.3) is 0 Å². The number of methoxy groups -OCH3 is 1. The van der Waals surface area contributed by atoms with Gasteiger partial charge in [-0.2, -0.15) is 4.39 Å². The normalized spacial score (nSPS) is 16.7. The highest BCUT2D eigenvalue weighted by molar-refractivity contribution is 6.31.